The standard InChI is InChI=1S/C16H20N2O2/c1-11(2)8-9-18-10-14(16(19)20)15(17-18)13-7-5-4-6-12(13)3/h4-7,10-11H,8-9H2,1-3H3,(H,19,20). The number of aromatic nitrogens is 2. The average Bonchev–Trinajstić information content (AvgIpc) is 2.81. The zero-order chi connectivity index (χ0) is 14.7. The molecule has 0 radical (unpaired) electrons. The Hall–Kier alpha value is -2.10. The van der Waals surface area contributed by atoms with Crippen LogP contribution in [0.15, 0.2) is 30.5 Å². The molecule has 0 unspecified atom stereocenters. The number of rotatable bonds is 5. The summed E-state index contributed by atoms with van der Waals surface area (Å²) in [4.78, 5) is 11.4. The van der Waals surface area contributed by atoms with Gasteiger partial charge in [0.05, 0.1) is 0 Å². The molecule has 0 amide bonds. The largest absolute Gasteiger partial charge is 0.478 e. The van der Waals surface area contributed by atoms with Crippen LogP contribution >= 0.6 is 0 Å². The predicted molar refractivity (Wildman–Crippen MR) is 78.8 cm³/mol. The lowest BCUT2D eigenvalue weighted by molar-refractivity contribution is 0.0697. The predicted octanol–water partition coefficient (Wildman–Crippen LogP) is 3.60. The van der Waals surface area contributed by atoms with E-state index in [1.54, 1.807) is 10.9 Å². The van der Waals surface area contributed by atoms with Crippen molar-refractivity contribution >= 4 is 5.97 Å². The van der Waals surface area contributed by atoms with Crippen LogP contribution in [0.4, 0.5) is 0 Å². The Bertz CT molecular complexity index is 615. The molecule has 106 valence electrons. The second-order valence-corrected chi connectivity index (χ2v) is 5.46. The molecule has 20 heavy (non-hydrogen) atoms. The van der Waals surface area contributed by atoms with Crippen LogP contribution in [0.3, 0.4) is 0 Å². The lowest BCUT2D eigenvalue weighted by Crippen LogP contribution is -2.02. The summed E-state index contributed by atoms with van der Waals surface area (Å²) in [5, 5.41) is 13.8. The van der Waals surface area contributed by atoms with Gasteiger partial charge in [0.15, 0.2) is 0 Å². The molecule has 0 atom stereocenters. The van der Waals surface area contributed by atoms with Crippen molar-refractivity contribution in [1.29, 1.82) is 0 Å². The van der Waals surface area contributed by atoms with Crippen molar-refractivity contribution in [2.45, 2.75) is 33.7 Å². The van der Waals surface area contributed by atoms with Crippen LogP contribution in [0.25, 0.3) is 11.3 Å². The first-order chi connectivity index (χ1) is 9.49. The van der Waals surface area contributed by atoms with E-state index in [9.17, 15) is 9.90 Å². The lowest BCUT2D eigenvalue weighted by atomic mass is 10.0. The molecule has 0 aliphatic heterocycles. The highest BCUT2D eigenvalue weighted by atomic mass is 16.4. The Morgan fingerprint density at radius 3 is 2.65 bits per heavy atom. The minimum absolute atomic E-state index is 0.267. The van der Waals surface area contributed by atoms with Crippen LogP contribution in [-0.2, 0) is 6.54 Å². The van der Waals surface area contributed by atoms with Gasteiger partial charge in [0.2, 0.25) is 0 Å². The maximum Gasteiger partial charge on any atom is 0.339 e. The maximum absolute atomic E-state index is 11.4. The van der Waals surface area contributed by atoms with Gasteiger partial charge in [-0.2, -0.15) is 5.10 Å². The Morgan fingerprint density at radius 2 is 2.05 bits per heavy atom. The minimum Gasteiger partial charge on any atom is -0.478 e. The number of hydrogen-bond donors (Lipinski definition) is 1. The summed E-state index contributed by atoms with van der Waals surface area (Å²) in [6.45, 7) is 6.99. The fourth-order valence-corrected chi connectivity index (χ4v) is 2.12. The van der Waals surface area contributed by atoms with E-state index in [1.165, 1.54) is 0 Å². The van der Waals surface area contributed by atoms with E-state index in [0.717, 1.165) is 24.1 Å². The van der Waals surface area contributed by atoms with E-state index < -0.39 is 5.97 Å². The molecule has 0 saturated heterocycles. The van der Waals surface area contributed by atoms with Gasteiger partial charge in [0.25, 0.3) is 0 Å². The third kappa shape index (κ3) is 3.07. The van der Waals surface area contributed by atoms with Crippen molar-refractivity contribution in [2.75, 3.05) is 0 Å². The highest BCUT2D eigenvalue weighted by Crippen LogP contribution is 2.25. The number of benzene rings is 1. The molecule has 0 aliphatic carbocycles. The summed E-state index contributed by atoms with van der Waals surface area (Å²) in [6, 6.07) is 7.72. The fourth-order valence-electron chi connectivity index (χ4n) is 2.12. The highest BCUT2D eigenvalue weighted by Gasteiger charge is 2.18. The zero-order valence-electron chi connectivity index (χ0n) is 12.1. The molecule has 0 fully saturated rings. The zero-order valence-corrected chi connectivity index (χ0v) is 12.1. The molecule has 2 rings (SSSR count). The first-order valence-corrected chi connectivity index (χ1v) is 6.85. The van der Waals surface area contributed by atoms with Gasteiger partial charge >= 0.3 is 5.97 Å². The van der Waals surface area contributed by atoms with E-state index in [-0.39, 0.29) is 5.56 Å². The molecule has 2 aromatic rings. The van der Waals surface area contributed by atoms with Gasteiger partial charge in [0, 0.05) is 18.3 Å². The number of carboxylic acid groups (broad SMARTS) is 1. The SMILES string of the molecule is Cc1ccccc1-c1nn(CCC(C)C)cc1C(=O)O. The first kappa shape index (κ1) is 14.3. The smallest absolute Gasteiger partial charge is 0.339 e. The summed E-state index contributed by atoms with van der Waals surface area (Å²) in [5.41, 5.74) is 2.74. The number of carbonyl (C=O) groups is 1. The van der Waals surface area contributed by atoms with Crippen molar-refractivity contribution in [3.05, 3.63) is 41.6 Å². The summed E-state index contributed by atoms with van der Waals surface area (Å²) in [5.74, 6) is -0.367. The van der Waals surface area contributed by atoms with Gasteiger partial charge in [-0.1, -0.05) is 38.1 Å². The molecule has 0 spiro atoms. The molecule has 1 heterocycles. The molecule has 4 nitrogen and oxygen atoms in total. The Balaban J connectivity index is 2.41. The quantitative estimate of drug-likeness (QED) is 0.904. The monoisotopic (exact) mass is 272 g/mol. The van der Waals surface area contributed by atoms with E-state index in [4.69, 9.17) is 0 Å². The van der Waals surface area contributed by atoms with Gasteiger partial charge in [-0.25, -0.2) is 4.79 Å². The van der Waals surface area contributed by atoms with Gasteiger partial charge in [-0.15, -0.1) is 0 Å². The second kappa shape index (κ2) is 5.90. The third-order valence-electron chi connectivity index (χ3n) is 3.33. The lowest BCUT2D eigenvalue weighted by Gasteiger charge is -2.05. The first-order valence-electron chi connectivity index (χ1n) is 6.85. The summed E-state index contributed by atoms with van der Waals surface area (Å²) < 4.78 is 1.74. The molecule has 1 N–H and O–H groups in total. The minimum atomic E-state index is -0.931. The molecular weight excluding hydrogens is 252 g/mol. The van der Waals surface area contributed by atoms with E-state index in [0.29, 0.717) is 11.6 Å². The number of aryl methyl sites for hydroxylation is 2. The van der Waals surface area contributed by atoms with Gasteiger partial charge < -0.3 is 5.11 Å². The Labute approximate surface area is 119 Å². The molecule has 1 aromatic heterocycles. The van der Waals surface area contributed by atoms with Crippen LogP contribution in [0.1, 0.15) is 36.2 Å². The van der Waals surface area contributed by atoms with E-state index >= 15 is 0 Å². The summed E-state index contributed by atoms with van der Waals surface area (Å²) >= 11 is 0. The Kier molecular flexibility index (Phi) is 4.23. The van der Waals surface area contributed by atoms with Crippen LogP contribution in [0, 0.1) is 12.8 Å². The molecule has 0 saturated carbocycles. The van der Waals surface area contributed by atoms with Crippen LogP contribution in [0.5, 0.6) is 0 Å². The van der Waals surface area contributed by atoms with Crippen LogP contribution < -0.4 is 0 Å². The van der Waals surface area contributed by atoms with E-state index in [2.05, 4.69) is 18.9 Å². The molecule has 1 aromatic carbocycles. The second-order valence-electron chi connectivity index (χ2n) is 5.46. The maximum atomic E-state index is 11.4. The summed E-state index contributed by atoms with van der Waals surface area (Å²) in [7, 11) is 0. The van der Waals surface area contributed by atoms with E-state index in [1.807, 2.05) is 31.2 Å². The molecule has 0 aliphatic rings. The number of nitrogens with zero attached hydrogens (tertiary/aromatic N) is 2. The summed E-state index contributed by atoms with van der Waals surface area (Å²) in [6.07, 6.45) is 2.61. The van der Waals surface area contributed by atoms with Crippen molar-refractivity contribution < 1.29 is 9.90 Å². The van der Waals surface area contributed by atoms with Crippen molar-refractivity contribution in [3.8, 4) is 11.3 Å². The molecule has 0 bridgehead atoms. The third-order valence-corrected chi connectivity index (χ3v) is 3.33. The normalized spacial score (nSPS) is 11.0. The van der Waals surface area contributed by atoms with Crippen LogP contribution in [-0.4, -0.2) is 20.9 Å². The van der Waals surface area contributed by atoms with Gasteiger partial charge in [-0.05, 0) is 24.8 Å². The highest BCUT2D eigenvalue weighted by molar-refractivity contribution is 5.95. The number of carboxylic acids is 1. The topological polar surface area (TPSA) is 55.1 Å². The fraction of sp³-hybridized carbons (Fsp3) is 0.375. The average molecular weight is 272 g/mol. The van der Waals surface area contributed by atoms with Gasteiger partial charge in [0.1, 0.15) is 11.3 Å². The van der Waals surface area contributed by atoms with Crippen LogP contribution in [0.2, 0.25) is 0 Å². The van der Waals surface area contributed by atoms with Crippen molar-refractivity contribution in [2.24, 2.45) is 5.92 Å². The Morgan fingerprint density at radius 1 is 1.35 bits per heavy atom. The number of hydrogen-bond acceptors (Lipinski definition) is 2. The molecule has 4 heteroatoms. The number of aromatic carboxylic acids is 1. The molecular formula is C16H20N2O2. The van der Waals surface area contributed by atoms with Crippen molar-refractivity contribution in [3.63, 3.8) is 0 Å². The van der Waals surface area contributed by atoms with Crippen molar-refractivity contribution in [1.82, 2.24) is 9.78 Å². The van der Waals surface area contributed by atoms with Gasteiger partial charge in [-0.3, -0.25) is 4.68 Å².